The number of hydrogen-bond acceptors (Lipinski definition) is 4. The summed E-state index contributed by atoms with van der Waals surface area (Å²) in [5.41, 5.74) is 0. The molecule has 3 nitrogen and oxygen atoms in total. The van der Waals surface area contributed by atoms with Crippen molar-refractivity contribution in [2.75, 3.05) is 19.6 Å². The Morgan fingerprint density at radius 2 is 2.15 bits per heavy atom. The molecule has 4 heteroatoms. The first-order chi connectivity index (χ1) is 9.83. The molecule has 0 bridgehead atoms. The molecule has 20 heavy (non-hydrogen) atoms. The third kappa shape index (κ3) is 3.32. The van der Waals surface area contributed by atoms with Crippen LogP contribution in [0.2, 0.25) is 0 Å². The van der Waals surface area contributed by atoms with Gasteiger partial charge in [0.15, 0.2) is 0 Å². The van der Waals surface area contributed by atoms with Crippen LogP contribution in [0.4, 0.5) is 0 Å². The van der Waals surface area contributed by atoms with Crippen LogP contribution in [0.3, 0.4) is 0 Å². The number of furan rings is 1. The maximum atomic E-state index is 5.64. The summed E-state index contributed by atoms with van der Waals surface area (Å²) < 4.78 is 5.64. The molecule has 2 aromatic rings. The molecule has 3 heterocycles. The number of hydrogen-bond donors (Lipinski definition) is 1. The van der Waals surface area contributed by atoms with Crippen molar-refractivity contribution in [3.63, 3.8) is 0 Å². The van der Waals surface area contributed by atoms with Crippen molar-refractivity contribution in [3.05, 3.63) is 46.0 Å². The standard InChI is InChI=1S/C16H22N2OS/c1-13-6-7-14(20-13)11-17-12-15(16-5-4-10-19-16)18-8-2-3-9-18/h4-7,10,15,17H,2-3,8-9,11-12H2,1H3/t15-/m1/s1. The summed E-state index contributed by atoms with van der Waals surface area (Å²) >= 11 is 1.87. The van der Waals surface area contributed by atoms with Gasteiger partial charge in [-0.1, -0.05) is 0 Å². The van der Waals surface area contributed by atoms with Crippen molar-refractivity contribution in [2.24, 2.45) is 0 Å². The Hall–Kier alpha value is -1.10. The second-order valence-electron chi connectivity index (χ2n) is 5.42. The second kappa shape index (κ2) is 6.57. The third-order valence-corrected chi connectivity index (χ3v) is 4.89. The Kier molecular flexibility index (Phi) is 4.55. The molecule has 1 atom stereocenters. The van der Waals surface area contributed by atoms with Crippen LogP contribution in [0.5, 0.6) is 0 Å². The van der Waals surface area contributed by atoms with E-state index < -0.39 is 0 Å². The average Bonchev–Trinajstić information content (AvgIpc) is 3.18. The normalized spacial score (nSPS) is 17.6. The molecule has 1 aliphatic heterocycles. The van der Waals surface area contributed by atoms with Crippen molar-refractivity contribution in [2.45, 2.75) is 32.4 Å². The highest BCUT2D eigenvalue weighted by molar-refractivity contribution is 7.11. The first kappa shape index (κ1) is 13.9. The largest absolute Gasteiger partial charge is 0.468 e. The highest BCUT2D eigenvalue weighted by Gasteiger charge is 2.24. The number of likely N-dealkylation sites (tertiary alicyclic amines) is 1. The van der Waals surface area contributed by atoms with Crippen LogP contribution in [0.1, 0.15) is 34.4 Å². The Bertz CT molecular complexity index is 514. The highest BCUT2D eigenvalue weighted by Crippen LogP contribution is 2.25. The molecular formula is C16H22N2OS. The summed E-state index contributed by atoms with van der Waals surface area (Å²) in [6, 6.07) is 8.85. The maximum Gasteiger partial charge on any atom is 0.122 e. The first-order valence-electron chi connectivity index (χ1n) is 7.36. The molecule has 2 aromatic heterocycles. The lowest BCUT2D eigenvalue weighted by molar-refractivity contribution is 0.209. The average molecular weight is 290 g/mol. The number of thiophene rings is 1. The first-order valence-corrected chi connectivity index (χ1v) is 8.18. The molecule has 1 fully saturated rings. The molecule has 3 rings (SSSR count). The fraction of sp³-hybridized carbons (Fsp3) is 0.500. The third-order valence-electron chi connectivity index (χ3n) is 3.89. The van der Waals surface area contributed by atoms with E-state index in [1.54, 1.807) is 6.26 Å². The summed E-state index contributed by atoms with van der Waals surface area (Å²) in [6.45, 7) is 6.42. The van der Waals surface area contributed by atoms with Gasteiger partial charge in [-0.25, -0.2) is 0 Å². The Morgan fingerprint density at radius 1 is 1.30 bits per heavy atom. The van der Waals surface area contributed by atoms with Gasteiger partial charge in [-0.05, 0) is 57.1 Å². The maximum absolute atomic E-state index is 5.64. The van der Waals surface area contributed by atoms with Crippen molar-refractivity contribution < 1.29 is 4.42 Å². The number of rotatable bonds is 6. The van der Waals surface area contributed by atoms with Crippen LogP contribution in [0, 0.1) is 6.92 Å². The van der Waals surface area contributed by atoms with Crippen molar-refractivity contribution in [3.8, 4) is 0 Å². The van der Waals surface area contributed by atoms with Crippen LogP contribution in [-0.2, 0) is 6.54 Å². The minimum absolute atomic E-state index is 0.369. The van der Waals surface area contributed by atoms with Gasteiger partial charge in [0.05, 0.1) is 12.3 Å². The smallest absolute Gasteiger partial charge is 0.122 e. The van der Waals surface area contributed by atoms with Crippen LogP contribution in [0.25, 0.3) is 0 Å². The molecule has 0 radical (unpaired) electrons. The Morgan fingerprint density at radius 3 is 2.80 bits per heavy atom. The van der Waals surface area contributed by atoms with E-state index in [4.69, 9.17) is 4.42 Å². The van der Waals surface area contributed by atoms with Gasteiger partial charge in [-0.3, -0.25) is 4.90 Å². The fourth-order valence-electron chi connectivity index (χ4n) is 2.86. The molecule has 0 spiro atoms. The minimum atomic E-state index is 0.369. The van der Waals surface area contributed by atoms with E-state index in [2.05, 4.69) is 35.3 Å². The summed E-state index contributed by atoms with van der Waals surface area (Å²) in [7, 11) is 0. The molecule has 0 unspecified atom stereocenters. The van der Waals surface area contributed by atoms with Gasteiger partial charge in [-0.15, -0.1) is 11.3 Å². The van der Waals surface area contributed by atoms with Crippen molar-refractivity contribution in [1.29, 1.82) is 0 Å². The topological polar surface area (TPSA) is 28.4 Å². The fourth-order valence-corrected chi connectivity index (χ4v) is 3.72. The molecule has 0 aromatic carbocycles. The lowest BCUT2D eigenvalue weighted by Gasteiger charge is -2.26. The Balaban J connectivity index is 1.58. The van der Waals surface area contributed by atoms with Gasteiger partial charge in [0.2, 0.25) is 0 Å². The van der Waals surface area contributed by atoms with E-state index in [0.29, 0.717) is 6.04 Å². The summed E-state index contributed by atoms with van der Waals surface area (Å²) in [6.07, 6.45) is 4.39. The van der Waals surface area contributed by atoms with Gasteiger partial charge in [0.25, 0.3) is 0 Å². The van der Waals surface area contributed by atoms with Gasteiger partial charge in [0.1, 0.15) is 5.76 Å². The molecule has 108 valence electrons. The van der Waals surface area contributed by atoms with Gasteiger partial charge in [-0.2, -0.15) is 0 Å². The van der Waals surface area contributed by atoms with E-state index >= 15 is 0 Å². The number of nitrogens with one attached hydrogen (secondary N) is 1. The molecule has 0 amide bonds. The molecular weight excluding hydrogens is 268 g/mol. The molecule has 1 N–H and O–H groups in total. The summed E-state index contributed by atoms with van der Waals surface area (Å²) in [4.78, 5) is 5.32. The SMILES string of the molecule is Cc1ccc(CNC[C@H](c2ccco2)N2CCCC2)s1. The zero-order valence-electron chi connectivity index (χ0n) is 12.0. The lowest BCUT2D eigenvalue weighted by atomic mass is 10.2. The lowest BCUT2D eigenvalue weighted by Crippen LogP contribution is -2.33. The second-order valence-corrected chi connectivity index (χ2v) is 6.79. The summed E-state index contributed by atoms with van der Waals surface area (Å²) in [5, 5.41) is 3.59. The van der Waals surface area contributed by atoms with Crippen LogP contribution in [0.15, 0.2) is 34.9 Å². The highest BCUT2D eigenvalue weighted by atomic mass is 32.1. The number of aryl methyl sites for hydroxylation is 1. The zero-order valence-corrected chi connectivity index (χ0v) is 12.8. The van der Waals surface area contributed by atoms with Crippen molar-refractivity contribution >= 4 is 11.3 Å². The molecule has 0 aliphatic carbocycles. The van der Waals surface area contributed by atoms with Crippen molar-refractivity contribution in [1.82, 2.24) is 10.2 Å². The van der Waals surface area contributed by atoms with E-state index in [1.165, 1.54) is 35.7 Å². The van der Waals surface area contributed by atoms with Gasteiger partial charge < -0.3 is 9.73 Å². The van der Waals surface area contributed by atoms with Crippen LogP contribution in [-0.4, -0.2) is 24.5 Å². The van der Waals surface area contributed by atoms with E-state index in [-0.39, 0.29) is 0 Å². The molecule has 1 saturated heterocycles. The Labute approximate surface area is 124 Å². The van der Waals surface area contributed by atoms with E-state index in [0.717, 1.165) is 18.8 Å². The van der Waals surface area contributed by atoms with Gasteiger partial charge >= 0.3 is 0 Å². The monoisotopic (exact) mass is 290 g/mol. The zero-order chi connectivity index (χ0) is 13.8. The molecule has 1 aliphatic rings. The minimum Gasteiger partial charge on any atom is -0.468 e. The predicted molar refractivity (Wildman–Crippen MR) is 83.0 cm³/mol. The van der Waals surface area contributed by atoms with Crippen LogP contribution >= 0.6 is 11.3 Å². The van der Waals surface area contributed by atoms with E-state index in [9.17, 15) is 0 Å². The molecule has 0 saturated carbocycles. The quantitative estimate of drug-likeness (QED) is 0.881. The predicted octanol–water partition coefficient (Wildman–Crippen LogP) is 3.58. The van der Waals surface area contributed by atoms with Crippen LogP contribution < -0.4 is 5.32 Å². The van der Waals surface area contributed by atoms with E-state index in [1.807, 2.05) is 17.4 Å². The van der Waals surface area contributed by atoms with Gasteiger partial charge in [0, 0.05) is 22.8 Å². The summed E-state index contributed by atoms with van der Waals surface area (Å²) in [5.74, 6) is 1.08. The number of nitrogens with zero attached hydrogens (tertiary/aromatic N) is 1.